The molecule has 3 rings (SSSR count). The summed E-state index contributed by atoms with van der Waals surface area (Å²) in [7, 11) is 3.88. The highest BCUT2D eigenvalue weighted by Crippen LogP contribution is 2.32. The van der Waals surface area contributed by atoms with Gasteiger partial charge in [-0.15, -0.1) is 0 Å². The maximum absolute atomic E-state index is 12.9. The van der Waals surface area contributed by atoms with Crippen LogP contribution in [0.2, 0.25) is 0 Å². The van der Waals surface area contributed by atoms with Gasteiger partial charge in [-0.05, 0) is 51.4 Å². The lowest BCUT2D eigenvalue weighted by Crippen LogP contribution is -2.35. The number of carbonyl (C=O) groups excluding carboxylic acids is 1. The largest absolute Gasteiger partial charge is 0.494 e. The molecule has 10 heteroatoms. The van der Waals surface area contributed by atoms with Crippen LogP contribution in [0.25, 0.3) is 16.3 Å². The third kappa shape index (κ3) is 5.41. The number of fused-ring (bicyclic) bond motifs is 1. The first-order chi connectivity index (χ1) is 14.4. The second-order valence-corrected chi connectivity index (χ2v) is 8.72. The van der Waals surface area contributed by atoms with Gasteiger partial charge in [0.2, 0.25) is 0 Å². The number of nitro groups is 1. The zero-order chi connectivity index (χ0) is 21.7. The van der Waals surface area contributed by atoms with E-state index in [0.29, 0.717) is 29.7 Å². The smallest absolute Gasteiger partial charge is 0.324 e. The molecular weight excluding hydrogens is 424 g/mol. The van der Waals surface area contributed by atoms with E-state index in [4.69, 9.17) is 4.74 Å². The normalized spacial score (nSPS) is 11.5. The van der Waals surface area contributed by atoms with Gasteiger partial charge in [-0.2, -0.15) is 0 Å². The van der Waals surface area contributed by atoms with Gasteiger partial charge < -0.3 is 9.64 Å². The Bertz CT molecular complexity index is 1070. The standard InChI is InChI=1S/C20H22N4O4S2/c1-4-28-14-5-8-16-17(13-14)30-20(21-16)23(12-11-22(2)3)18(25)9-6-15-7-10-19(29-15)24(26)27/h5-10,13H,4,11-12H2,1-3H3/b9-6+. The summed E-state index contributed by atoms with van der Waals surface area (Å²) in [6, 6.07) is 8.74. The van der Waals surface area contributed by atoms with E-state index in [9.17, 15) is 14.9 Å². The van der Waals surface area contributed by atoms with Crippen LogP contribution in [0.3, 0.4) is 0 Å². The van der Waals surface area contributed by atoms with Crippen LogP contribution in [0.4, 0.5) is 10.1 Å². The summed E-state index contributed by atoms with van der Waals surface area (Å²) in [4.78, 5) is 32.2. The van der Waals surface area contributed by atoms with Gasteiger partial charge in [-0.1, -0.05) is 22.7 Å². The van der Waals surface area contributed by atoms with E-state index in [-0.39, 0.29) is 10.9 Å². The highest BCUT2D eigenvalue weighted by molar-refractivity contribution is 7.22. The van der Waals surface area contributed by atoms with E-state index in [1.807, 2.05) is 44.1 Å². The lowest BCUT2D eigenvalue weighted by molar-refractivity contribution is -0.380. The maximum atomic E-state index is 12.9. The molecule has 0 saturated carbocycles. The number of anilines is 1. The fourth-order valence-electron chi connectivity index (χ4n) is 2.64. The fraction of sp³-hybridized carbons (Fsp3) is 0.300. The van der Waals surface area contributed by atoms with Gasteiger partial charge in [0.25, 0.3) is 5.91 Å². The first-order valence-corrected chi connectivity index (χ1v) is 10.9. The molecule has 2 heterocycles. The number of hydrogen-bond acceptors (Lipinski definition) is 8. The van der Waals surface area contributed by atoms with Crippen molar-refractivity contribution in [2.45, 2.75) is 6.92 Å². The van der Waals surface area contributed by atoms with Gasteiger partial charge in [0.15, 0.2) is 5.13 Å². The van der Waals surface area contributed by atoms with Crippen molar-refractivity contribution >= 4 is 55.0 Å². The zero-order valence-corrected chi connectivity index (χ0v) is 18.5. The number of nitrogens with zero attached hydrogens (tertiary/aromatic N) is 4. The van der Waals surface area contributed by atoms with Crippen molar-refractivity contribution in [2.75, 3.05) is 38.7 Å². The molecule has 0 spiro atoms. The molecule has 30 heavy (non-hydrogen) atoms. The summed E-state index contributed by atoms with van der Waals surface area (Å²) in [6.07, 6.45) is 3.03. The van der Waals surface area contributed by atoms with E-state index >= 15 is 0 Å². The van der Waals surface area contributed by atoms with E-state index in [1.165, 1.54) is 23.5 Å². The summed E-state index contributed by atoms with van der Waals surface area (Å²) in [5, 5.41) is 11.5. The number of amides is 1. The lowest BCUT2D eigenvalue weighted by atomic mass is 10.3. The molecule has 0 N–H and O–H groups in total. The second kappa shape index (κ2) is 9.79. The maximum Gasteiger partial charge on any atom is 0.324 e. The summed E-state index contributed by atoms with van der Waals surface area (Å²) < 4.78 is 6.49. The third-order valence-corrected chi connectivity index (χ3v) is 6.15. The van der Waals surface area contributed by atoms with Crippen LogP contribution in [0, 0.1) is 10.1 Å². The van der Waals surface area contributed by atoms with Gasteiger partial charge in [-0.25, -0.2) is 4.98 Å². The van der Waals surface area contributed by atoms with Crippen molar-refractivity contribution in [1.29, 1.82) is 0 Å². The molecule has 3 aromatic rings. The van der Waals surface area contributed by atoms with Crippen molar-refractivity contribution in [3.8, 4) is 5.75 Å². The molecule has 158 valence electrons. The predicted molar refractivity (Wildman–Crippen MR) is 122 cm³/mol. The highest BCUT2D eigenvalue weighted by atomic mass is 32.1. The van der Waals surface area contributed by atoms with Gasteiger partial charge >= 0.3 is 5.00 Å². The first-order valence-electron chi connectivity index (χ1n) is 9.29. The summed E-state index contributed by atoms with van der Waals surface area (Å²) in [6.45, 7) is 3.65. The Labute approximate surface area is 182 Å². The Hall–Kier alpha value is -2.82. The third-order valence-electron chi connectivity index (χ3n) is 4.11. The first kappa shape index (κ1) is 21.9. The molecule has 0 atom stereocenters. The number of thiazole rings is 1. The van der Waals surface area contributed by atoms with Crippen molar-refractivity contribution < 1.29 is 14.5 Å². The zero-order valence-electron chi connectivity index (χ0n) is 16.9. The van der Waals surface area contributed by atoms with Crippen molar-refractivity contribution in [1.82, 2.24) is 9.88 Å². The van der Waals surface area contributed by atoms with Gasteiger partial charge in [0.05, 0.1) is 21.7 Å². The van der Waals surface area contributed by atoms with Crippen LogP contribution < -0.4 is 9.64 Å². The molecule has 1 amide bonds. The number of carbonyl (C=O) groups is 1. The van der Waals surface area contributed by atoms with Gasteiger partial charge in [0.1, 0.15) is 5.75 Å². The van der Waals surface area contributed by atoms with Crippen LogP contribution in [-0.4, -0.2) is 54.5 Å². The van der Waals surface area contributed by atoms with E-state index in [2.05, 4.69) is 4.98 Å². The van der Waals surface area contributed by atoms with Crippen LogP contribution in [-0.2, 0) is 4.79 Å². The number of rotatable bonds is 9. The Balaban J connectivity index is 1.85. The molecular formula is C20H22N4O4S2. The van der Waals surface area contributed by atoms with Crippen molar-refractivity contribution in [2.24, 2.45) is 0 Å². The van der Waals surface area contributed by atoms with Gasteiger partial charge in [0, 0.05) is 30.1 Å². The average Bonchev–Trinajstić information content (AvgIpc) is 3.33. The number of thiophene rings is 1. The number of hydrogen-bond donors (Lipinski definition) is 0. The van der Waals surface area contributed by atoms with Gasteiger partial charge in [-0.3, -0.25) is 19.8 Å². The lowest BCUT2D eigenvalue weighted by Gasteiger charge is -2.20. The Morgan fingerprint density at radius 3 is 2.70 bits per heavy atom. The number of benzene rings is 1. The molecule has 1 aromatic carbocycles. The number of likely N-dealkylation sites (N-methyl/N-ethyl adjacent to an activating group) is 1. The minimum atomic E-state index is -0.440. The molecule has 8 nitrogen and oxygen atoms in total. The highest BCUT2D eigenvalue weighted by Gasteiger charge is 2.18. The minimum absolute atomic E-state index is 0.0443. The molecule has 0 aliphatic carbocycles. The topological polar surface area (TPSA) is 88.8 Å². The Kier molecular flexibility index (Phi) is 7.14. The monoisotopic (exact) mass is 446 g/mol. The van der Waals surface area contributed by atoms with Crippen LogP contribution in [0.1, 0.15) is 11.8 Å². The molecule has 0 fully saturated rings. The minimum Gasteiger partial charge on any atom is -0.494 e. The number of ether oxygens (including phenoxy) is 1. The van der Waals surface area contributed by atoms with Crippen LogP contribution in [0.15, 0.2) is 36.4 Å². The quantitative estimate of drug-likeness (QED) is 0.277. The Morgan fingerprint density at radius 1 is 1.23 bits per heavy atom. The summed E-state index contributed by atoms with van der Waals surface area (Å²) in [5.74, 6) is 0.544. The predicted octanol–water partition coefficient (Wildman–Crippen LogP) is 4.27. The molecule has 0 aliphatic rings. The van der Waals surface area contributed by atoms with Crippen molar-refractivity contribution in [3.05, 3.63) is 51.4 Å². The van der Waals surface area contributed by atoms with Crippen molar-refractivity contribution in [3.63, 3.8) is 0 Å². The van der Waals surface area contributed by atoms with E-state index in [0.717, 1.165) is 27.3 Å². The van der Waals surface area contributed by atoms with E-state index < -0.39 is 4.92 Å². The molecule has 2 aromatic heterocycles. The number of aromatic nitrogens is 1. The van der Waals surface area contributed by atoms with E-state index in [1.54, 1.807) is 17.0 Å². The summed E-state index contributed by atoms with van der Waals surface area (Å²) in [5.41, 5.74) is 0.805. The molecule has 0 saturated heterocycles. The summed E-state index contributed by atoms with van der Waals surface area (Å²) >= 11 is 2.46. The molecule has 0 unspecified atom stereocenters. The SMILES string of the molecule is CCOc1ccc2nc(N(CCN(C)C)C(=O)/C=C/c3ccc([N+](=O)[O-])s3)sc2c1. The Morgan fingerprint density at radius 2 is 2.03 bits per heavy atom. The van der Waals surface area contributed by atoms with Crippen LogP contribution >= 0.6 is 22.7 Å². The molecule has 0 bridgehead atoms. The molecule has 0 aliphatic heterocycles. The fourth-order valence-corrected chi connectivity index (χ4v) is 4.39. The average molecular weight is 447 g/mol. The second-order valence-electron chi connectivity index (χ2n) is 6.62. The molecule has 0 radical (unpaired) electrons. The van der Waals surface area contributed by atoms with Crippen LogP contribution in [0.5, 0.6) is 5.75 Å².